The van der Waals surface area contributed by atoms with Gasteiger partial charge in [0.25, 0.3) is 0 Å². The Morgan fingerprint density at radius 3 is 1.51 bits per heavy atom. The Morgan fingerprint density at radius 2 is 0.854 bits per heavy atom. The van der Waals surface area contributed by atoms with Crippen LogP contribution in [0.1, 0.15) is 5.56 Å². The van der Waals surface area contributed by atoms with Crippen molar-refractivity contribution in [2.75, 3.05) is 0 Å². The van der Waals surface area contributed by atoms with Crippen LogP contribution in [0, 0.1) is 6.92 Å². The predicted octanol–water partition coefficient (Wildman–Crippen LogP) is 10.5. The number of rotatable bonds is 2. The predicted molar refractivity (Wildman–Crippen MR) is 175 cm³/mol. The molecule has 0 amide bonds. The van der Waals surface area contributed by atoms with E-state index in [9.17, 15) is 0 Å². The van der Waals surface area contributed by atoms with Crippen LogP contribution in [0.2, 0.25) is 0 Å². The fourth-order valence-corrected chi connectivity index (χ4v) is 6.44. The molecule has 0 unspecified atom stereocenters. The molecule has 0 fully saturated rings. The van der Waals surface area contributed by atoms with Crippen LogP contribution < -0.4 is 0 Å². The van der Waals surface area contributed by atoms with E-state index in [0.717, 1.165) is 5.69 Å². The molecule has 0 N–H and O–H groups in total. The highest BCUT2D eigenvalue weighted by Crippen LogP contribution is 2.41. The zero-order valence-corrected chi connectivity index (χ0v) is 22.8. The van der Waals surface area contributed by atoms with Gasteiger partial charge in [0, 0.05) is 32.6 Å². The molecule has 2 heteroatoms. The summed E-state index contributed by atoms with van der Waals surface area (Å²) in [5, 5.41) is 7.54. The van der Waals surface area contributed by atoms with Crippen molar-refractivity contribution in [2.45, 2.75) is 6.92 Å². The van der Waals surface area contributed by atoms with Crippen molar-refractivity contribution in [1.29, 1.82) is 0 Å². The van der Waals surface area contributed by atoms with Gasteiger partial charge in [0.05, 0.1) is 27.8 Å². The van der Waals surface area contributed by atoms with Gasteiger partial charge in [0.15, 0.2) is 0 Å². The lowest BCUT2D eigenvalue weighted by molar-refractivity contribution is 1.17. The summed E-state index contributed by atoms with van der Waals surface area (Å²) in [5.41, 5.74) is 8.50. The molecule has 0 bridgehead atoms. The lowest BCUT2D eigenvalue weighted by atomic mass is 10.0. The van der Waals surface area contributed by atoms with Gasteiger partial charge >= 0.3 is 0 Å². The summed E-state index contributed by atoms with van der Waals surface area (Å²) in [6.45, 7) is 2.22. The Kier molecular flexibility index (Phi) is 5.39. The highest BCUT2D eigenvalue weighted by molar-refractivity contribution is 6.19. The first-order valence-corrected chi connectivity index (χ1v) is 14.1. The molecule has 0 aliphatic carbocycles. The topological polar surface area (TPSA) is 9.86 Å². The molecule has 8 aromatic rings. The normalized spacial score (nSPS) is 11.5. The van der Waals surface area contributed by atoms with Gasteiger partial charge in [-0.1, -0.05) is 115 Å². The summed E-state index contributed by atoms with van der Waals surface area (Å²) in [4.78, 5) is 0. The van der Waals surface area contributed by atoms with Gasteiger partial charge in [-0.15, -0.1) is 0 Å². The van der Waals surface area contributed by atoms with E-state index in [1.54, 1.807) is 0 Å². The first-order valence-electron chi connectivity index (χ1n) is 14.1. The maximum atomic E-state index is 2.48. The Hall–Kier alpha value is -5.34. The average Bonchev–Trinajstić information content (AvgIpc) is 3.51. The highest BCUT2D eigenvalue weighted by Gasteiger charge is 2.19. The van der Waals surface area contributed by atoms with Crippen molar-refractivity contribution in [3.63, 3.8) is 0 Å². The number of para-hydroxylation sites is 2. The van der Waals surface area contributed by atoms with Crippen LogP contribution >= 0.6 is 0 Å². The van der Waals surface area contributed by atoms with Crippen molar-refractivity contribution < 1.29 is 0 Å². The zero-order valence-electron chi connectivity index (χ0n) is 22.8. The summed E-state index contributed by atoms with van der Waals surface area (Å²) < 4.78 is 4.88. The van der Waals surface area contributed by atoms with Gasteiger partial charge in [0.1, 0.15) is 0 Å². The molecular formula is C39H28N2. The maximum Gasteiger partial charge on any atom is 0.0569 e. The summed E-state index contributed by atoms with van der Waals surface area (Å²) in [7, 11) is 0. The smallest absolute Gasteiger partial charge is 0.0569 e. The van der Waals surface area contributed by atoms with Crippen molar-refractivity contribution >= 4 is 54.4 Å². The van der Waals surface area contributed by atoms with Gasteiger partial charge < -0.3 is 9.13 Å². The van der Waals surface area contributed by atoms with Crippen molar-refractivity contribution in [2.24, 2.45) is 0 Å². The molecule has 0 radical (unpaired) electrons. The molecule has 2 aromatic heterocycles. The van der Waals surface area contributed by atoms with E-state index in [2.05, 4.69) is 162 Å². The summed E-state index contributed by atoms with van der Waals surface area (Å²) >= 11 is 0. The monoisotopic (exact) mass is 524 g/mol. The minimum atomic E-state index is 1.13. The van der Waals surface area contributed by atoms with Crippen molar-refractivity contribution in [3.8, 4) is 11.4 Å². The molecule has 0 aliphatic rings. The molecule has 2 heterocycles. The molecule has 2 nitrogen and oxygen atoms in total. The van der Waals surface area contributed by atoms with E-state index in [1.807, 2.05) is 6.07 Å². The second-order valence-electron chi connectivity index (χ2n) is 10.6. The molecule has 6 aromatic carbocycles. The summed E-state index contributed by atoms with van der Waals surface area (Å²) in [6, 6.07) is 54.5. The molecular weight excluding hydrogens is 496 g/mol. The van der Waals surface area contributed by atoms with Gasteiger partial charge in [-0.2, -0.15) is 0 Å². The van der Waals surface area contributed by atoms with Gasteiger partial charge in [-0.25, -0.2) is 0 Å². The van der Waals surface area contributed by atoms with Crippen LogP contribution in [-0.4, -0.2) is 9.13 Å². The first-order chi connectivity index (χ1) is 20.3. The molecule has 41 heavy (non-hydrogen) atoms. The van der Waals surface area contributed by atoms with E-state index in [-0.39, 0.29) is 0 Å². The molecule has 0 saturated heterocycles. The zero-order chi connectivity index (χ0) is 27.3. The Labute approximate surface area is 238 Å². The first kappa shape index (κ1) is 23.5. The fraction of sp³-hybridized carbons (Fsp3) is 0.0256. The number of aryl methyl sites for hydroxylation is 1. The second-order valence-corrected chi connectivity index (χ2v) is 10.6. The minimum Gasteiger partial charge on any atom is -0.309 e. The number of benzene rings is 5. The molecule has 0 aliphatic heterocycles. The Balaban J connectivity index is 1.56. The molecule has 0 spiro atoms. The Morgan fingerprint density at radius 1 is 0.366 bits per heavy atom. The van der Waals surface area contributed by atoms with Crippen molar-refractivity contribution in [1.82, 2.24) is 9.13 Å². The van der Waals surface area contributed by atoms with E-state index < -0.39 is 0 Å². The molecule has 8 rings (SSSR count). The van der Waals surface area contributed by atoms with E-state index >= 15 is 0 Å². The van der Waals surface area contributed by atoms with Crippen molar-refractivity contribution in [3.05, 3.63) is 157 Å². The number of fused-ring (bicyclic) bond motifs is 7. The molecule has 0 atom stereocenters. The van der Waals surface area contributed by atoms with Gasteiger partial charge in [-0.3, -0.25) is 0 Å². The summed E-state index contributed by atoms with van der Waals surface area (Å²) in [6.07, 6.45) is 0. The molecule has 0 saturated carbocycles. The second kappa shape index (κ2) is 9.39. The molecule has 194 valence electrons. The van der Waals surface area contributed by atoms with Crippen LogP contribution in [0.3, 0.4) is 0 Å². The van der Waals surface area contributed by atoms with E-state index in [0.29, 0.717) is 0 Å². The van der Waals surface area contributed by atoms with Gasteiger partial charge in [0.2, 0.25) is 0 Å². The maximum absolute atomic E-state index is 2.48. The van der Waals surface area contributed by atoms with Crippen LogP contribution in [0.15, 0.2) is 152 Å². The lowest BCUT2D eigenvalue weighted by Crippen LogP contribution is -1.98. The van der Waals surface area contributed by atoms with Crippen LogP contribution in [0.4, 0.5) is 0 Å². The lowest BCUT2D eigenvalue weighted by Gasteiger charge is -2.15. The van der Waals surface area contributed by atoms with Crippen LogP contribution in [-0.2, 0) is 0 Å². The number of hydrogen-bond acceptors (Lipinski definition) is 0. The Bertz CT molecular complexity index is 2310. The fourth-order valence-electron chi connectivity index (χ4n) is 6.44. The SMILES string of the molecule is Cc1ccc2ccccc2c1-n1c2ccccc2c2cc3c(cc21)c1ccccc1n3-c1ccccccccc1. The van der Waals surface area contributed by atoms with Crippen LogP contribution in [0.25, 0.3) is 65.8 Å². The standard InChI is InChI=1S/C39H28N2/c1-27-23-24-28-15-9-10-18-30(28)39(27)41-36-22-14-12-20-32(36)34-25-37-33(26-38(34)41)31-19-11-13-21-35(31)40(37)29-16-7-5-3-2-4-6-8-17-29/h2-26H,1H3. The minimum absolute atomic E-state index is 1.13. The highest BCUT2D eigenvalue weighted by atomic mass is 15.0. The number of nitrogens with zero attached hydrogens (tertiary/aromatic N) is 2. The third kappa shape index (κ3) is 3.65. The largest absolute Gasteiger partial charge is 0.309 e. The number of hydrogen-bond donors (Lipinski definition) is 0. The van der Waals surface area contributed by atoms with E-state index in [1.165, 1.54) is 65.6 Å². The van der Waals surface area contributed by atoms with E-state index in [4.69, 9.17) is 0 Å². The van der Waals surface area contributed by atoms with Gasteiger partial charge in [-0.05, 0) is 54.3 Å². The number of aromatic nitrogens is 2. The average molecular weight is 525 g/mol. The van der Waals surface area contributed by atoms with Crippen LogP contribution in [0.5, 0.6) is 0 Å². The third-order valence-corrected chi connectivity index (χ3v) is 8.25. The summed E-state index contributed by atoms with van der Waals surface area (Å²) in [5.74, 6) is 0. The quantitative estimate of drug-likeness (QED) is 0.213. The third-order valence-electron chi connectivity index (χ3n) is 8.25.